The number of carboxylic acids is 1. The summed E-state index contributed by atoms with van der Waals surface area (Å²) in [5.74, 6) is -1.11. The normalized spacial score (nSPS) is 11.7. The first-order valence-electron chi connectivity index (χ1n) is 8.35. The van der Waals surface area contributed by atoms with Crippen LogP contribution in [0, 0.1) is 5.92 Å². The summed E-state index contributed by atoms with van der Waals surface area (Å²) in [6.45, 7) is -0.341. The molecule has 0 aliphatic heterocycles. The fraction of sp³-hybridized carbons (Fsp3) is 0.300. The Bertz CT molecular complexity index is 676. The van der Waals surface area contributed by atoms with Crippen LogP contribution in [0.5, 0.6) is 0 Å². The monoisotopic (exact) mass is 357 g/mol. The second kappa shape index (κ2) is 9.89. The molecule has 0 spiro atoms. The first-order chi connectivity index (χ1) is 12.1. The van der Waals surface area contributed by atoms with Crippen molar-refractivity contribution in [3.63, 3.8) is 0 Å². The van der Waals surface area contributed by atoms with Gasteiger partial charge in [-0.25, -0.2) is 0 Å². The van der Waals surface area contributed by atoms with E-state index >= 15 is 0 Å². The van der Waals surface area contributed by atoms with Gasteiger partial charge in [0.05, 0.1) is 0 Å². The Labute approximate surface area is 153 Å². The molecule has 0 fully saturated rings. The molecule has 0 saturated carbocycles. The third kappa shape index (κ3) is 5.94. The molecule has 0 bridgehead atoms. The third-order valence-corrected chi connectivity index (χ3v) is 4.50. The number of hydrogen-bond donors (Lipinski definition) is 2. The van der Waals surface area contributed by atoms with E-state index in [0.29, 0.717) is 17.9 Å². The van der Waals surface area contributed by atoms with Gasteiger partial charge in [-0.15, -0.1) is 0 Å². The molecule has 0 heterocycles. The molecule has 1 N–H and O–H groups in total. The minimum atomic E-state index is -1.03. The van der Waals surface area contributed by atoms with Gasteiger partial charge in [0, 0.05) is 17.4 Å². The molecule has 2 rings (SSSR count). The second-order valence-electron chi connectivity index (χ2n) is 5.91. The van der Waals surface area contributed by atoms with E-state index < -0.39 is 5.97 Å². The molecular weight excluding hydrogens is 334 g/mol. The molecule has 0 aromatic heterocycles. The zero-order valence-corrected chi connectivity index (χ0v) is 14.9. The van der Waals surface area contributed by atoms with Crippen LogP contribution in [0.1, 0.15) is 18.4 Å². The van der Waals surface area contributed by atoms with Crippen LogP contribution in [0.3, 0.4) is 0 Å². The molecule has 0 saturated heterocycles. The summed E-state index contributed by atoms with van der Waals surface area (Å²) in [6, 6.07) is 19.0. The lowest BCUT2D eigenvalue weighted by Gasteiger charge is -2.25. The van der Waals surface area contributed by atoms with Gasteiger partial charge in [0.2, 0.25) is 5.91 Å². The molecule has 5 heteroatoms. The fourth-order valence-electron chi connectivity index (χ4n) is 2.75. The van der Waals surface area contributed by atoms with Gasteiger partial charge in [-0.05, 0) is 37.0 Å². The van der Waals surface area contributed by atoms with Gasteiger partial charge < -0.3 is 10.0 Å². The lowest BCUT2D eigenvalue weighted by atomic mass is 9.99. The molecule has 0 aliphatic carbocycles. The van der Waals surface area contributed by atoms with Crippen molar-refractivity contribution in [2.24, 2.45) is 5.92 Å². The topological polar surface area (TPSA) is 57.6 Å². The molecule has 0 radical (unpaired) electrons. The highest BCUT2D eigenvalue weighted by Gasteiger charge is 2.25. The molecule has 2 aromatic carbocycles. The number of aryl methyl sites for hydroxylation is 1. The number of para-hydroxylation sites is 1. The van der Waals surface area contributed by atoms with E-state index in [0.717, 1.165) is 12.8 Å². The molecule has 1 atom stereocenters. The minimum Gasteiger partial charge on any atom is -0.480 e. The standard InChI is InChI=1S/C20H23NO3S/c22-19(23)14-21(18-12-5-2-6-13-18)20(24)17(15-25)11-7-10-16-8-3-1-4-9-16/h1-6,8-9,12-13,17,25H,7,10-11,14-15H2,(H,22,23)/t17-/m0/s1. The van der Waals surface area contributed by atoms with Crippen molar-refractivity contribution in [2.75, 3.05) is 17.2 Å². The number of aliphatic carboxylic acids is 1. The van der Waals surface area contributed by atoms with Gasteiger partial charge in [0.15, 0.2) is 0 Å². The average molecular weight is 357 g/mol. The quantitative estimate of drug-likeness (QED) is 0.673. The number of benzene rings is 2. The molecule has 1 amide bonds. The maximum absolute atomic E-state index is 12.9. The van der Waals surface area contributed by atoms with Crippen molar-refractivity contribution in [2.45, 2.75) is 19.3 Å². The number of nitrogens with zero attached hydrogens (tertiary/aromatic N) is 1. The van der Waals surface area contributed by atoms with Crippen molar-refractivity contribution in [1.82, 2.24) is 0 Å². The zero-order valence-electron chi connectivity index (χ0n) is 14.0. The van der Waals surface area contributed by atoms with Crippen LogP contribution in [-0.4, -0.2) is 29.3 Å². The number of carbonyl (C=O) groups is 2. The first kappa shape index (κ1) is 19.1. The Morgan fingerprint density at radius 1 is 1.00 bits per heavy atom. The number of thiol groups is 1. The number of rotatable bonds is 9. The zero-order chi connectivity index (χ0) is 18.1. The van der Waals surface area contributed by atoms with Gasteiger partial charge in [-0.2, -0.15) is 12.6 Å². The molecule has 0 aliphatic rings. The molecule has 2 aromatic rings. The van der Waals surface area contributed by atoms with Gasteiger partial charge in [-0.1, -0.05) is 48.5 Å². The molecule has 25 heavy (non-hydrogen) atoms. The van der Waals surface area contributed by atoms with Crippen LogP contribution >= 0.6 is 12.6 Å². The van der Waals surface area contributed by atoms with E-state index in [-0.39, 0.29) is 18.4 Å². The van der Waals surface area contributed by atoms with Gasteiger partial charge in [-0.3, -0.25) is 9.59 Å². The summed E-state index contributed by atoms with van der Waals surface area (Å²) in [6.07, 6.45) is 2.43. The van der Waals surface area contributed by atoms with E-state index in [1.165, 1.54) is 10.5 Å². The number of anilines is 1. The largest absolute Gasteiger partial charge is 0.480 e. The Morgan fingerprint density at radius 2 is 1.60 bits per heavy atom. The van der Waals surface area contributed by atoms with Crippen molar-refractivity contribution in [3.8, 4) is 0 Å². The predicted molar refractivity (Wildman–Crippen MR) is 103 cm³/mol. The van der Waals surface area contributed by atoms with Crippen molar-refractivity contribution < 1.29 is 14.7 Å². The van der Waals surface area contributed by atoms with E-state index in [1.807, 2.05) is 24.3 Å². The third-order valence-electron chi connectivity index (χ3n) is 4.06. The number of amides is 1. The molecule has 4 nitrogen and oxygen atoms in total. The van der Waals surface area contributed by atoms with E-state index in [9.17, 15) is 9.59 Å². The van der Waals surface area contributed by atoms with Crippen LogP contribution in [0.4, 0.5) is 5.69 Å². The number of carbonyl (C=O) groups excluding carboxylic acids is 1. The average Bonchev–Trinajstić information content (AvgIpc) is 2.64. The highest BCUT2D eigenvalue weighted by atomic mass is 32.1. The maximum Gasteiger partial charge on any atom is 0.323 e. The van der Waals surface area contributed by atoms with Crippen molar-refractivity contribution in [3.05, 3.63) is 66.2 Å². The Balaban J connectivity index is 2.02. The second-order valence-corrected chi connectivity index (χ2v) is 6.28. The van der Waals surface area contributed by atoms with Crippen LogP contribution in [0.2, 0.25) is 0 Å². The number of carboxylic acid groups (broad SMARTS) is 1. The molecule has 132 valence electrons. The lowest BCUT2D eigenvalue weighted by molar-refractivity contribution is -0.137. The smallest absolute Gasteiger partial charge is 0.323 e. The van der Waals surface area contributed by atoms with Crippen molar-refractivity contribution in [1.29, 1.82) is 0 Å². The van der Waals surface area contributed by atoms with Crippen LogP contribution in [0.15, 0.2) is 60.7 Å². The van der Waals surface area contributed by atoms with E-state index in [4.69, 9.17) is 5.11 Å². The highest BCUT2D eigenvalue weighted by Crippen LogP contribution is 2.20. The van der Waals surface area contributed by atoms with Crippen LogP contribution < -0.4 is 4.90 Å². The predicted octanol–water partition coefficient (Wildman–Crippen LogP) is 3.67. The van der Waals surface area contributed by atoms with Crippen LogP contribution in [-0.2, 0) is 16.0 Å². The Morgan fingerprint density at radius 3 is 2.16 bits per heavy atom. The van der Waals surface area contributed by atoms with Gasteiger partial charge >= 0.3 is 5.97 Å². The molecular formula is C20H23NO3S. The van der Waals surface area contributed by atoms with Gasteiger partial charge in [0.25, 0.3) is 0 Å². The highest BCUT2D eigenvalue weighted by molar-refractivity contribution is 7.80. The van der Waals surface area contributed by atoms with E-state index in [2.05, 4.69) is 24.8 Å². The SMILES string of the molecule is O=C(O)CN(C(=O)[C@H](CS)CCCc1ccccc1)c1ccccc1. The summed E-state index contributed by atoms with van der Waals surface area (Å²) in [4.78, 5) is 25.4. The minimum absolute atomic E-state index is 0.184. The lowest BCUT2D eigenvalue weighted by Crippen LogP contribution is -2.40. The molecule has 0 unspecified atom stereocenters. The first-order valence-corrected chi connectivity index (χ1v) is 8.98. The Kier molecular flexibility index (Phi) is 7.54. The summed E-state index contributed by atoms with van der Waals surface area (Å²) >= 11 is 4.32. The number of hydrogen-bond acceptors (Lipinski definition) is 3. The van der Waals surface area contributed by atoms with Crippen LogP contribution in [0.25, 0.3) is 0 Å². The summed E-state index contributed by atoms with van der Waals surface area (Å²) in [7, 11) is 0. The fourth-order valence-corrected chi connectivity index (χ4v) is 3.09. The maximum atomic E-state index is 12.9. The Hall–Kier alpha value is -2.27. The van der Waals surface area contributed by atoms with Crippen molar-refractivity contribution >= 4 is 30.2 Å². The van der Waals surface area contributed by atoms with E-state index in [1.54, 1.807) is 24.3 Å². The summed E-state index contributed by atoms with van der Waals surface area (Å²) in [5.41, 5.74) is 1.84. The summed E-state index contributed by atoms with van der Waals surface area (Å²) in [5, 5.41) is 9.16. The van der Waals surface area contributed by atoms with Gasteiger partial charge in [0.1, 0.15) is 6.54 Å². The summed E-state index contributed by atoms with van der Waals surface area (Å²) < 4.78 is 0.